The zero-order chi connectivity index (χ0) is 73.2. The van der Waals surface area contributed by atoms with Crippen molar-refractivity contribution in [2.45, 2.75) is 386 Å². The van der Waals surface area contributed by atoms with Crippen LogP contribution in [0.1, 0.15) is 373 Å². The summed E-state index contributed by atoms with van der Waals surface area (Å²) >= 11 is 0. The molecule has 101 heavy (non-hydrogen) atoms. The number of carboxylic acids is 1. The van der Waals surface area contributed by atoms with E-state index in [2.05, 4.69) is 148 Å². The summed E-state index contributed by atoms with van der Waals surface area (Å²) in [7, 11) is 5.99. The van der Waals surface area contributed by atoms with E-state index in [1.807, 2.05) is 21.1 Å². The van der Waals surface area contributed by atoms with Gasteiger partial charge in [0.25, 0.3) is 6.29 Å². The van der Waals surface area contributed by atoms with Gasteiger partial charge in [0.1, 0.15) is 13.2 Å². The SMILES string of the molecule is CC/C=C\C/C=C\C/C=C\C/C=C\C/C=C\C/C=C\CCCCCCCCCCCCCCCCCCCCCCCCC(=O)OC(COC(=O)CCCCCCCCCCCCCCCCCCCCC/C=C\C/C=C\C/C=C\C/C=C\C/C=C\CC)COC(OCC[N+](C)(C)C)C(=O)O. The number of nitrogens with zero attached hydrogens (tertiary/aromatic N) is 1. The molecule has 2 atom stereocenters. The Bertz CT molecular complexity index is 2130. The van der Waals surface area contributed by atoms with Crippen LogP contribution in [0.25, 0.3) is 0 Å². The minimum absolute atomic E-state index is 0.181. The Hall–Kier alpha value is -4.57. The van der Waals surface area contributed by atoms with Crippen LogP contribution >= 0.6 is 0 Å². The molecule has 0 radical (unpaired) electrons. The van der Waals surface area contributed by atoms with Crippen molar-refractivity contribution in [1.29, 1.82) is 0 Å². The molecular formula is C92H160NO8+. The van der Waals surface area contributed by atoms with E-state index in [0.29, 0.717) is 17.4 Å². The molecule has 0 aliphatic rings. The number of unbranched alkanes of at least 4 members (excludes halogenated alkanes) is 41. The summed E-state index contributed by atoms with van der Waals surface area (Å²) in [6, 6.07) is 0. The molecule has 0 rings (SSSR count). The average Bonchev–Trinajstić information content (AvgIpc) is 1.21. The summed E-state index contributed by atoms with van der Waals surface area (Å²) in [6.45, 7) is 4.69. The fourth-order valence-electron chi connectivity index (χ4n) is 12.1. The number of carbonyl (C=O) groups is 3. The van der Waals surface area contributed by atoms with Crippen LogP contribution in [-0.4, -0.2) is 87.4 Å². The van der Waals surface area contributed by atoms with E-state index in [1.165, 1.54) is 238 Å². The molecule has 0 bridgehead atoms. The summed E-state index contributed by atoms with van der Waals surface area (Å²) < 4.78 is 23.1. The van der Waals surface area contributed by atoms with E-state index < -0.39 is 18.4 Å². The molecule has 9 nitrogen and oxygen atoms in total. The number of hydrogen-bond acceptors (Lipinski definition) is 7. The minimum Gasteiger partial charge on any atom is -0.477 e. The van der Waals surface area contributed by atoms with Crippen molar-refractivity contribution in [3.63, 3.8) is 0 Å². The van der Waals surface area contributed by atoms with E-state index in [9.17, 15) is 19.5 Å². The highest BCUT2D eigenvalue weighted by molar-refractivity contribution is 5.71. The van der Waals surface area contributed by atoms with Crippen LogP contribution in [0.3, 0.4) is 0 Å². The molecule has 1 N–H and O–H groups in total. The van der Waals surface area contributed by atoms with Gasteiger partial charge in [0.2, 0.25) is 0 Å². The van der Waals surface area contributed by atoms with Gasteiger partial charge < -0.3 is 28.5 Å². The van der Waals surface area contributed by atoms with Gasteiger partial charge in [-0.1, -0.05) is 385 Å². The summed E-state index contributed by atoms with van der Waals surface area (Å²) in [5.41, 5.74) is 0. The molecule has 0 saturated carbocycles. The van der Waals surface area contributed by atoms with Gasteiger partial charge in [-0.25, -0.2) is 4.79 Å². The molecule has 0 aliphatic heterocycles. The van der Waals surface area contributed by atoms with E-state index in [-0.39, 0.29) is 38.2 Å². The lowest BCUT2D eigenvalue weighted by Gasteiger charge is -2.25. The highest BCUT2D eigenvalue weighted by Crippen LogP contribution is 2.19. The normalized spacial score (nSPS) is 13.3. The average molecular weight is 1410 g/mol. The number of carbonyl (C=O) groups excluding carboxylic acids is 2. The lowest BCUT2D eigenvalue weighted by Crippen LogP contribution is -2.40. The predicted molar refractivity (Wildman–Crippen MR) is 438 cm³/mol. The van der Waals surface area contributed by atoms with Crippen LogP contribution in [0.15, 0.2) is 134 Å². The number of allylic oxidation sites excluding steroid dienone is 22. The molecule has 9 heteroatoms. The molecule has 0 heterocycles. The highest BCUT2D eigenvalue weighted by atomic mass is 16.7. The number of rotatable bonds is 78. The number of carboxylic acid groups (broad SMARTS) is 1. The topological polar surface area (TPSA) is 108 Å². The van der Waals surface area contributed by atoms with Gasteiger partial charge >= 0.3 is 17.9 Å². The number of esters is 2. The molecule has 0 aliphatic carbocycles. The van der Waals surface area contributed by atoms with Gasteiger partial charge in [-0.15, -0.1) is 0 Å². The van der Waals surface area contributed by atoms with E-state index in [4.69, 9.17) is 18.9 Å². The van der Waals surface area contributed by atoms with Gasteiger partial charge in [0.05, 0.1) is 34.4 Å². The second-order valence-corrected chi connectivity index (χ2v) is 29.4. The summed E-state index contributed by atoms with van der Waals surface area (Å²) in [5, 5.41) is 9.79. The summed E-state index contributed by atoms with van der Waals surface area (Å²) in [4.78, 5) is 37.8. The standard InChI is InChI=1S/C92H159NO8/c1-6-8-10-12-14-16-18-20-22-24-26-28-30-32-34-36-38-40-42-43-44-45-46-47-49-51-53-55-57-59-61-63-65-67-69-71-73-75-77-79-81-83-90(95)101-88(87-100-92(91(96)97)98-85-84-93(3,4)5)86-99-89(94)82-80-78-76-74-72-70-68-66-64-62-60-58-56-54-52-50-48-41-39-37-35-33-31-29-27-25-23-21-19-17-15-13-11-9-7-2/h8-11,14-17,20-23,26-29,32-35,38,40,88,92H,6-7,12-13,18-19,24-25,30-31,36-37,39,41-87H2,1-5H3/p+1/b10-8-,11-9-,16-14-,17-15-,22-20-,23-21-,28-26-,29-27-,34-32-,35-33-,40-38-. The fraction of sp³-hybridized carbons (Fsp3) is 0.728. The van der Waals surface area contributed by atoms with Gasteiger partial charge in [-0.3, -0.25) is 9.59 Å². The third-order valence-electron chi connectivity index (χ3n) is 18.4. The number of likely N-dealkylation sites (N-methyl/N-ethyl adjacent to an activating group) is 1. The zero-order valence-corrected chi connectivity index (χ0v) is 66.5. The Morgan fingerprint density at radius 2 is 0.535 bits per heavy atom. The molecule has 2 unspecified atom stereocenters. The van der Waals surface area contributed by atoms with Crippen LogP contribution in [0.2, 0.25) is 0 Å². The van der Waals surface area contributed by atoms with Gasteiger partial charge in [-0.2, -0.15) is 0 Å². The van der Waals surface area contributed by atoms with Crippen LogP contribution in [-0.2, 0) is 33.3 Å². The van der Waals surface area contributed by atoms with Gasteiger partial charge in [-0.05, 0) is 109 Å². The molecule has 0 amide bonds. The van der Waals surface area contributed by atoms with E-state index in [1.54, 1.807) is 0 Å². The predicted octanol–water partition coefficient (Wildman–Crippen LogP) is 27.6. The molecule has 0 saturated heterocycles. The molecule has 580 valence electrons. The number of ether oxygens (including phenoxy) is 4. The monoisotopic (exact) mass is 1410 g/mol. The first-order chi connectivity index (χ1) is 49.6. The molecule has 0 aromatic carbocycles. The maximum Gasteiger partial charge on any atom is 0.361 e. The molecule has 0 fully saturated rings. The maximum absolute atomic E-state index is 13.0. The lowest BCUT2D eigenvalue weighted by atomic mass is 10.0. The fourth-order valence-corrected chi connectivity index (χ4v) is 12.1. The first kappa shape index (κ1) is 96.4. The Balaban J connectivity index is 3.97. The van der Waals surface area contributed by atoms with Crippen molar-refractivity contribution in [3.05, 3.63) is 134 Å². The third-order valence-corrected chi connectivity index (χ3v) is 18.4. The smallest absolute Gasteiger partial charge is 0.361 e. The Kier molecular flexibility index (Phi) is 77.4. The molecule has 0 aromatic heterocycles. The van der Waals surface area contributed by atoms with Crippen LogP contribution in [0, 0.1) is 0 Å². The Labute approximate surface area is 624 Å². The Morgan fingerprint density at radius 3 is 0.792 bits per heavy atom. The van der Waals surface area contributed by atoms with E-state index >= 15 is 0 Å². The lowest BCUT2D eigenvalue weighted by molar-refractivity contribution is -0.870. The van der Waals surface area contributed by atoms with Crippen molar-refractivity contribution < 1.29 is 42.9 Å². The van der Waals surface area contributed by atoms with Crippen LogP contribution < -0.4 is 0 Å². The zero-order valence-electron chi connectivity index (χ0n) is 66.5. The second kappa shape index (κ2) is 81.1. The summed E-state index contributed by atoms with van der Waals surface area (Å²) in [5.74, 6) is -1.98. The van der Waals surface area contributed by atoms with Crippen LogP contribution in [0.5, 0.6) is 0 Å². The summed E-state index contributed by atoms with van der Waals surface area (Å²) in [6.07, 6.45) is 115. The highest BCUT2D eigenvalue weighted by Gasteiger charge is 2.25. The first-order valence-electron chi connectivity index (χ1n) is 42.3. The molecule has 0 spiro atoms. The van der Waals surface area contributed by atoms with Crippen molar-refractivity contribution in [2.24, 2.45) is 0 Å². The maximum atomic E-state index is 13.0. The van der Waals surface area contributed by atoms with Crippen molar-refractivity contribution in [3.8, 4) is 0 Å². The van der Waals surface area contributed by atoms with Crippen molar-refractivity contribution >= 4 is 17.9 Å². The van der Waals surface area contributed by atoms with E-state index in [0.717, 1.165) is 109 Å². The second-order valence-electron chi connectivity index (χ2n) is 29.4. The third kappa shape index (κ3) is 82.6. The van der Waals surface area contributed by atoms with Crippen LogP contribution in [0.4, 0.5) is 0 Å². The Morgan fingerprint density at radius 1 is 0.297 bits per heavy atom. The number of aliphatic carboxylic acids is 1. The molecule has 0 aromatic rings. The quantitative estimate of drug-likeness (QED) is 0.0211. The van der Waals surface area contributed by atoms with Crippen molar-refractivity contribution in [2.75, 3.05) is 47.5 Å². The largest absolute Gasteiger partial charge is 0.477 e. The number of hydrogen-bond donors (Lipinski definition) is 1. The van der Waals surface area contributed by atoms with Gasteiger partial charge in [0.15, 0.2) is 6.10 Å². The van der Waals surface area contributed by atoms with Crippen molar-refractivity contribution in [1.82, 2.24) is 0 Å². The minimum atomic E-state index is -1.51. The molecular weight excluding hydrogens is 1250 g/mol. The first-order valence-corrected chi connectivity index (χ1v) is 42.3. The van der Waals surface area contributed by atoms with Gasteiger partial charge in [0, 0.05) is 12.8 Å². The number of quaternary nitrogens is 1.